The van der Waals surface area contributed by atoms with Gasteiger partial charge in [0.25, 0.3) is 0 Å². The molecule has 1 saturated heterocycles. The number of hydrogen-bond donors (Lipinski definition) is 1. The Morgan fingerprint density at radius 2 is 2.50 bits per heavy atom. The Bertz CT molecular complexity index is 168. The zero-order valence-corrected chi connectivity index (χ0v) is 8.56. The average Bonchev–Trinajstić information content (AvgIpc) is 2.09. The Hall–Kier alpha value is -0.0500. The van der Waals surface area contributed by atoms with Crippen LogP contribution < -0.4 is 5.32 Å². The molecular weight excluding hydrogens is 172 g/mol. The van der Waals surface area contributed by atoms with Gasteiger partial charge in [0.15, 0.2) is 0 Å². The van der Waals surface area contributed by atoms with Gasteiger partial charge >= 0.3 is 0 Å². The number of nitrogens with zero attached hydrogens (tertiary/aromatic N) is 1. The molecule has 2 nitrogen and oxygen atoms in total. The van der Waals surface area contributed by atoms with Gasteiger partial charge in [-0.05, 0) is 19.4 Å². The first-order valence-corrected chi connectivity index (χ1v) is 4.88. The van der Waals surface area contributed by atoms with E-state index in [1.807, 2.05) is 0 Å². The van der Waals surface area contributed by atoms with Crippen LogP contribution >= 0.6 is 11.6 Å². The highest BCUT2D eigenvalue weighted by Crippen LogP contribution is 2.06. The van der Waals surface area contributed by atoms with E-state index in [-0.39, 0.29) is 0 Å². The van der Waals surface area contributed by atoms with Crippen LogP contribution in [0.25, 0.3) is 0 Å². The molecule has 0 amide bonds. The van der Waals surface area contributed by atoms with Gasteiger partial charge in [-0.15, -0.1) is 0 Å². The second kappa shape index (κ2) is 4.85. The molecule has 12 heavy (non-hydrogen) atoms. The summed E-state index contributed by atoms with van der Waals surface area (Å²) in [5.41, 5.74) is 2.92. The summed E-state index contributed by atoms with van der Waals surface area (Å²) in [6.07, 6.45) is 0. The van der Waals surface area contributed by atoms with Crippen LogP contribution in [0.4, 0.5) is 0 Å². The quantitative estimate of drug-likeness (QED) is 0.706. The summed E-state index contributed by atoms with van der Waals surface area (Å²) >= 11 is 5.61. The first-order valence-electron chi connectivity index (χ1n) is 4.44. The fraction of sp³-hybridized carbons (Fsp3) is 0.778. The van der Waals surface area contributed by atoms with Crippen LogP contribution in [0, 0.1) is 0 Å². The van der Waals surface area contributed by atoms with Crippen molar-refractivity contribution in [1.82, 2.24) is 10.2 Å². The molecule has 0 aromatic carbocycles. The van der Waals surface area contributed by atoms with Gasteiger partial charge in [-0.3, -0.25) is 4.90 Å². The number of hydrogen-bond acceptors (Lipinski definition) is 2. The second-order valence-corrected chi connectivity index (χ2v) is 3.70. The minimum Gasteiger partial charge on any atom is -0.314 e. The molecule has 1 heterocycles. The van der Waals surface area contributed by atoms with Crippen molar-refractivity contribution in [1.29, 1.82) is 0 Å². The molecule has 70 valence electrons. The zero-order chi connectivity index (χ0) is 8.97. The zero-order valence-electron chi connectivity index (χ0n) is 7.81. The molecule has 1 N–H and O–H groups in total. The van der Waals surface area contributed by atoms with Crippen LogP contribution in [0.15, 0.2) is 11.1 Å². The summed E-state index contributed by atoms with van der Waals surface area (Å²) in [7, 11) is 0. The molecule has 1 unspecified atom stereocenters. The van der Waals surface area contributed by atoms with Gasteiger partial charge in [0.2, 0.25) is 0 Å². The standard InChI is InChI=1S/C9H17ClN2/c1-8(5-10)7-12-4-3-11-6-9(12)2/h5,9,11H,3-4,6-7H2,1-2H3/b8-5+. The maximum absolute atomic E-state index is 5.61. The fourth-order valence-electron chi connectivity index (χ4n) is 1.47. The van der Waals surface area contributed by atoms with E-state index >= 15 is 0 Å². The number of rotatable bonds is 2. The molecule has 0 saturated carbocycles. The molecule has 0 bridgehead atoms. The average molecular weight is 189 g/mol. The predicted molar refractivity (Wildman–Crippen MR) is 53.5 cm³/mol. The van der Waals surface area contributed by atoms with Crippen LogP contribution in [0.1, 0.15) is 13.8 Å². The van der Waals surface area contributed by atoms with Crippen LogP contribution in [-0.4, -0.2) is 37.1 Å². The summed E-state index contributed by atoms with van der Waals surface area (Å²) in [6, 6.07) is 0.630. The van der Waals surface area contributed by atoms with Crippen molar-refractivity contribution < 1.29 is 0 Å². The van der Waals surface area contributed by atoms with Gasteiger partial charge < -0.3 is 5.32 Å². The van der Waals surface area contributed by atoms with Gasteiger partial charge in [0.1, 0.15) is 0 Å². The van der Waals surface area contributed by atoms with E-state index in [4.69, 9.17) is 11.6 Å². The first-order chi connectivity index (χ1) is 5.74. The second-order valence-electron chi connectivity index (χ2n) is 3.48. The summed E-state index contributed by atoms with van der Waals surface area (Å²) in [5, 5.41) is 3.36. The van der Waals surface area contributed by atoms with Gasteiger partial charge in [-0.25, -0.2) is 0 Å². The molecule has 1 fully saturated rings. The summed E-state index contributed by atoms with van der Waals surface area (Å²) in [5.74, 6) is 0. The first kappa shape index (κ1) is 10.0. The van der Waals surface area contributed by atoms with Crippen molar-refractivity contribution >= 4 is 11.6 Å². The predicted octanol–water partition coefficient (Wildman–Crippen LogP) is 1.42. The Morgan fingerprint density at radius 1 is 1.75 bits per heavy atom. The lowest BCUT2D eigenvalue weighted by Gasteiger charge is -2.33. The van der Waals surface area contributed by atoms with Crippen LogP contribution in [0.3, 0.4) is 0 Å². The number of piperazine rings is 1. The van der Waals surface area contributed by atoms with Gasteiger partial charge in [-0.1, -0.05) is 11.6 Å². The van der Waals surface area contributed by atoms with E-state index in [9.17, 15) is 0 Å². The van der Waals surface area contributed by atoms with Crippen molar-refractivity contribution in [2.75, 3.05) is 26.2 Å². The highest BCUT2D eigenvalue weighted by atomic mass is 35.5. The largest absolute Gasteiger partial charge is 0.314 e. The monoisotopic (exact) mass is 188 g/mol. The van der Waals surface area contributed by atoms with Crippen LogP contribution in [-0.2, 0) is 0 Å². The minimum atomic E-state index is 0.630. The van der Waals surface area contributed by atoms with E-state index in [1.165, 1.54) is 5.57 Å². The van der Waals surface area contributed by atoms with E-state index in [2.05, 4.69) is 24.1 Å². The summed E-state index contributed by atoms with van der Waals surface area (Å²) < 4.78 is 0. The topological polar surface area (TPSA) is 15.3 Å². The van der Waals surface area contributed by atoms with Crippen LogP contribution in [0.5, 0.6) is 0 Å². The lowest BCUT2D eigenvalue weighted by molar-refractivity contribution is 0.188. The highest BCUT2D eigenvalue weighted by molar-refractivity contribution is 6.25. The van der Waals surface area contributed by atoms with Gasteiger partial charge in [0, 0.05) is 37.8 Å². The van der Waals surface area contributed by atoms with E-state index < -0.39 is 0 Å². The molecule has 1 rings (SSSR count). The number of nitrogens with one attached hydrogen (secondary N) is 1. The molecule has 0 aromatic rings. The van der Waals surface area contributed by atoms with Gasteiger partial charge in [-0.2, -0.15) is 0 Å². The minimum absolute atomic E-state index is 0.630. The van der Waals surface area contributed by atoms with Crippen LogP contribution in [0.2, 0.25) is 0 Å². The lowest BCUT2D eigenvalue weighted by atomic mass is 10.2. The Labute approximate surface area is 79.6 Å². The van der Waals surface area contributed by atoms with E-state index in [1.54, 1.807) is 5.54 Å². The normalized spacial score (nSPS) is 27.6. The Kier molecular flexibility index (Phi) is 4.06. The summed E-state index contributed by atoms with van der Waals surface area (Å²) in [6.45, 7) is 8.64. The Balaban J connectivity index is 2.39. The number of halogens is 1. The smallest absolute Gasteiger partial charge is 0.0205 e. The van der Waals surface area contributed by atoms with Gasteiger partial charge in [0.05, 0.1) is 0 Å². The molecule has 0 aliphatic carbocycles. The molecule has 1 aliphatic rings. The van der Waals surface area contributed by atoms with Crippen molar-refractivity contribution in [2.24, 2.45) is 0 Å². The van der Waals surface area contributed by atoms with E-state index in [0.29, 0.717) is 6.04 Å². The Morgan fingerprint density at radius 3 is 3.08 bits per heavy atom. The van der Waals surface area contributed by atoms with E-state index in [0.717, 1.165) is 26.2 Å². The van der Waals surface area contributed by atoms with Crippen molar-refractivity contribution in [3.05, 3.63) is 11.1 Å². The molecule has 3 heteroatoms. The molecule has 1 atom stereocenters. The van der Waals surface area contributed by atoms with Crippen molar-refractivity contribution in [3.8, 4) is 0 Å². The molecular formula is C9H17ClN2. The maximum atomic E-state index is 5.61. The third kappa shape index (κ3) is 2.77. The van der Waals surface area contributed by atoms with Crippen molar-refractivity contribution in [2.45, 2.75) is 19.9 Å². The highest BCUT2D eigenvalue weighted by Gasteiger charge is 2.16. The molecule has 0 aromatic heterocycles. The lowest BCUT2D eigenvalue weighted by Crippen LogP contribution is -2.50. The maximum Gasteiger partial charge on any atom is 0.0205 e. The summed E-state index contributed by atoms with van der Waals surface area (Å²) in [4.78, 5) is 2.45. The SMILES string of the molecule is C/C(=C\Cl)CN1CCNCC1C. The third-order valence-corrected chi connectivity index (χ3v) is 2.65. The fourth-order valence-corrected chi connectivity index (χ4v) is 1.54. The molecule has 1 aliphatic heterocycles. The molecule has 0 radical (unpaired) electrons. The third-order valence-electron chi connectivity index (χ3n) is 2.28. The molecule has 0 spiro atoms. The van der Waals surface area contributed by atoms with Crippen molar-refractivity contribution in [3.63, 3.8) is 0 Å².